The minimum atomic E-state index is -0.923. The van der Waals surface area contributed by atoms with Crippen LogP contribution in [0.2, 0.25) is 0 Å². The average Bonchev–Trinajstić information content (AvgIpc) is 3.45. The second kappa shape index (κ2) is 8.58. The lowest BCUT2D eigenvalue weighted by atomic mass is 10.0. The molecule has 8 heteroatoms. The zero-order chi connectivity index (χ0) is 24.8. The van der Waals surface area contributed by atoms with Gasteiger partial charge in [-0.15, -0.1) is 11.3 Å². The van der Waals surface area contributed by atoms with Crippen LogP contribution in [0.15, 0.2) is 83.7 Å². The SMILES string of the molecule is Cc1nc2c(-c3ccccc3)c(-c3ccccc3)[nH]n2c(=O)c1-c1ccc2nc(CC(=O)O)sc2c1. The van der Waals surface area contributed by atoms with Crippen molar-refractivity contribution in [2.45, 2.75) is 13.3 Å². The summed E-state index contributed by atoms with van der Waals surface area (Å²) >= 11 is 1.32. The molecule has 0 bridgehead atoms. The average molecular weight is 493 g/mol. The van der Waals surface area contributed by atoms with E-state index < -0.39 is 5.97 Å². The maximum atomic E-state index is 13.9. The fraction of sp³-hybridized carbons (Fsp3) is 0.0714. The van der Waals surface area contributed by atoms with Crippen LogP contribution >= 0.6 is 11.3 Å². The Morgan fingerprint density at radius 2 is 1.61 bits per heavy atom. The number of carboxylic acid groups (broad SMARTS) is 1. The minimum Gasteiger partial charge on any atom is -0.481 e. The van der Waals surface area contributed by atoms with E-state index in [2.05, 4.69) is 10.1 Å². The third-order valence-corrected chi connectivity index (χ3v) is 7.13. The van der Waals surface area contributed by atoms with Crippen molar-refractivity contribution in [2.75, 3.05) is 0 Å². The maximum Gasteiger partial charge on any atom is 0.310 e. The molecule has 0 atom stereocenters. The van der Waals surface area contributed by atoms with Crippen molar-refractivity contribution in [3.8, 4) is 33.5 Å². The fourth-order valence-electron chi connectivity index (χ4n) is 4.54. The Labute approximate surface area is 209 Å². The number of nitrogens with one attached hydrogen (secondary N) is 1. The van der Waals surface area contributed by atoms with Gasteiger partial charge in [-0.2, -0.15) is 4.52 Å². The summed E-state index contributed by atoms with van der Waals surface area (Å²) in [7, 11) is 0. The van der Waals surface area contributed by atoms with Crippen LogP contribution in [0.4, 0.5) is 0 Å². The third kappa shape index (κ3) is 3.68. The van der Waals surface area contributed by atoms with Crippen LogP contribution < -0.4 is 5.56 Å². The summed E-state index contributed by atoms with van der Waals surface area (Å²) in [5.74, 6) is -0.923. The van der Waals surface area contributed by atoms with Gasteiger partial charge in [0.2, 0.25) is 0 Å². The molecule has 176 valence electrons. The highest BCUT2D eigenvalue weighted by atomic mass is 32.1. The zero-order valence-electron chi connectivity index (χ0n) is 19.2. The Hall–Kier alpha value is -4.56. The first-order valence-electron chi connectivity index (χ1n) is 11.4. The van der Waals surface area contributed by atoms with Crippen molar-refractivity contribution in [1.82, 2.24) is 19.6 Å². The number of rotatable bonds is 5. The van der Waals surface area contributed by atoms with Crippen molar-refractivity contribution < 1.29 is 9.90 Å². The highest BCUT2D eigenvalue weighted by Gasteiger charge is 2.21. The van der Waals surface area contributed by atoms with Crippen LogP contribution in [0.25, 0.3) is 49.4 Å². The smallest absolute Gasteiger partial charge is 0.310 e. The molecule has 6 aromatic rings. The molecular formula is C28H20N4O3S. The molecule has 0 aliphatic rings. The highest BCUT2D eigenvalue weighted by Crippen LogP contribution is 2.35. The number of carbonyl (C=O) groups is 1. The van der Waals surface area contributed by atoms with Crippen LogP contribution in [0.5, 0.6) is 0 Å². The maximum absolute atomic E-state index is 13.9. The fourth-order valence-corrected chi connectivity index (χ4v) is 5.53. The van der Waals surface area contributed by atoms with Crippen LogP contribution in [0.3, 0.4) is 0 Å². The minimum absolute atomic E-state index is 0.128. The summed E-state index contributed by atoms with van der Waals surface area (Å²) in [6, 6.07) is 25.3. The molecule has 3 aromatic heterocycles. The molecule has 0 spiro atoms. The number of thiazole rings is 1. The Kier molecular flexibility index (Phi) is 5.23. The molecule has 0 unspecified atom stereocenters. The number of hydrogen-bond donors (Lipinski definition) is 2. The van der Waals surface area contributed by atoms with Crippen molar-refractivity contribution in [2.24, 2.45) is 0 Å². The standard InChI is InChI=1S/C28H20N4O3S/c1-16-24(19-12-13-20-21(14-19)36-22(30-20)15-23(33)34)28(35)32-27(29-16)25(17-8-4-2-5-9-17)26(31-32)18-10-6-3-7-11-18/h2-14,31H,15H2,1H3,(H,33,34). The van der Waals surface area contributed by atoms with Crippen molar-refractivity contribution >= 4 is 33.2 Å². The van der Waals surface area contributed by atoms with E-state index in [9.17, 15) is 9.59 Å². The van der Waals surface area contributed by atoms with E-state index in [-0.39, 0.29) is 12.0 Å². The van der Waals surface area contributed by atoms with Crippen molar-refractivity contribution in [1.29, 1.82) is 0 Å². The van der Waals surface area contributed by atoms with Gasteiger partial charge < -0.3 is 5.11 Å². The normalized spacial score (nSPS) is 11.4. The largest absolute Gasteiger partial charge is 0.481 e. The molecule has 0 fully saturated rings. The van der Waals surface area contributed by atoms with E-state index >= 15 is 0 Å². The van der Waals surface area contributed by atoms with Gasteiger partial charge in [0.1, 0.15) is 5.01 Å². The molecular weight excluding hydrogens is 472 g/mol. The van der Waals surface area contributed by atoms with Gasteiger partial charge in [0.25, 0.3) is 5.56 Å². The van der Waals surface area contributed by atoms with E-state index in [4.69, 9.17) is 10.1 Å². The van der Waals surface area contributed by atoms with Crippen molar-refractivity contribution in [3.05, 3.63) is 99.9 Å². The number of carboxylic acids is 1. The molecule has 6 rings (SSSR count). The molecule has 0 aliphatic heterocycles. The molecule has 36 heavy (non-hydrogen) atoms. The van der Waals surface area contributed by atoms with Gasteiger partial charge in [-0.25, -0.2) is 9.97 Å². The van der Waals surface area contributed by atoms with Crippen LogP contribution in [-0.2, 0) is 11.2 Å². The summed E-state index contributed by atoms with van der Waals surface area (Å²) in [5.41, 5.74) is 6.50. The first kappa shape index (κ1) is 21.9. The molecule has 2 N–H and O–H groups in total. The van der Waals surface area contributed by atoms with Gasteiger partial charge in [-0.05, 0) is 30.2 Å². The summed E-state index contributed by atoms with van der Waals surface area (Å²) < 4.78 is 2.34. The lowest BCUT2D eigenvalue weighted by molar-refractivity contribution is -0.136. The number of aromatic amines is 1. The van der Waals surface area contributed by atoms with Gasteiger partial charge in [0.05, 0.1) is 39.2 Å². The number of hydrogen-bond acceptors (Lipinski definition) is 5. The summed E-state index contributed by atoms with van der Waals surface area (Å²) in [5, 5.41) is 12.9. The van der Waals surface area contributed by atoms with Gasteiger partial charge >= 0.3 is 5.97 Å². The van der Waals surface area contributed by atoms with E-state index in [1.165, 1.54) is 15.9 Å². The number of aromatic nitrogens is 4. The molecule has 0 saturated carbocycles. The summed E-state index contributed by atoms with van der Waals surface area (Å²) in [4.78, 5) is 34.3. The van der Waals surface area contributed by atoms with Gasteiger partial charge in [0.15, 0.2) is 5.65 Å². The van der Waals surface area contributed by atoms with E-state index in [1.807, 2.05) is 85.8 Å². The summed E-state index contributed by atoms with van der Waals surface area (Å²) in [6.45, 7) is 1.84. The molecule has 0 saturated heterocycles. The first-order chi connectivity index (χ1) is 17.5. The number of benzene rings is 3. The molecule has 3 heterocycles. The molecule has 0 amide bonds. The second-order valence-corrected chi connectivity index (χ2v) is 9.61. The van der Waals surface area contributed by atoms with Crippen LogP contribution in [0.1, 0.15) is 10.7 Å². The predicted octanol–water partition coefficient (Wildman–Crippen LogP) is 5.57. The van der Waals surface area contributed by atoms with E-state index in [1.54, 1.807) is 0 Å². The molecule has 0 radical (unpaired) electrons. The first-order valence-corrected chi connectivity index (χ1v) is 12.2. The number of aryl methyl sites for hydroxylation is 1. The Morgan fingerprint density at radius 1 is 0.917 bits per heavy atom. The number of fused-ring (bicyclic) bond motifs is 2. The predicted molar refractivity (Wildman–Crippen MR) is 141 cm³/mol. The van der Waals surface area contributed by atoms with Crippen molar-refractivity contribution in [3.63, 3.8) is 0 Å². The van der Waals surface area contributed by atoms with Crippen LogP contribution in [0, 0.1) is 6.92 Å². The summed E-state index contributed by atoms with van der Waals surface area (Å²) in [6.07, 6.45) is -0.128. The van der Waals surface area contributed by atoms with Gasteiger partial charge in [0, 0.05) is 5.56 Å². The van der Waals surface area contributed by atoms with E-state index in [0.717, 1.165) is 32.6 Å². The number of nitrogens with zero attached hydrogens (tertiary/aromatic N) is 3. The number of aliphatic carboxylic acids is 1. The second-order valence-electron chi connectivity index (χ2n) is 8.49. The molecule has 7 nitrogen and oxygen atoms in total. The monoisotopic (exact) mass is 492 g/mol. The Balaban J connectivity index is 1.58. The lowest BCUT2D eigenvalue weighted by Crippen LogP contribution is -2.19. The lowest BCUT2D eigenvalue weighted by Gasteiger charge is -2.07. The van der Waals surface area contributed by atoms with Crippen LogP contribution in [-0.4, -0.2) is 30.7 Å². The molecule has 3 aromatic carbocycles. The van der Waals surface area contributed by atoms with E-state index in [0.29, 0.717) is 27.4 Å². The third-order valence-electron chi connectivity index (χ3n) is 6.11. The highest BCUT2D eigenvalue weighted by molar-refractivity contribution is 7.18. The number of H-pyrrole nitrogens is 1. The topological polar surface area (TPSA) is 100 Å². The zero-order valence-corrected chi connectivity index (χ0v) is 20.0. The Morgan fingerprint density at radius 3 is 2.31 bits per heavy atom. The van der Waals surface area contributed by atoms with Gasteiger partial charge in [-0.3, -0.25) is 14.7 Å². The Bertz CT molecular complexity index is 1820. The van der Waals surface area contributed by atoms with Gasteiger partial charge in [-0.1, -0.05) is 66.7 Å². The molecule has 0 aliphatic carbocycles. The quantitative estimate of drug-likeness (QED) is 0.328.